The maximum atomic E-state index is 5.84. The largest absolute Gasteiger partial charge is 0.497 e. The molecule has 0 spiro atoms. The van der Waals surface area contributed by atoms with Crippen molar-refractivity contribution in [2.75, 3.05) is 12.8 Å². The molecule has 1 heterocycles. The molecule has 0 aliphatic carbocycles. The van der Waals surface area contributed by atoms with E-state index in [1.54, 1.807) is 25.6 Å². The first-order valence-electron chi connectivity index (χ1n) is 4.14. The van der Waals surface area contributed by atoms with E-state index in [1.165, 1.54) is 0 Å². The first-order chi connectivity index (χ1) is 6.81. The van der Waals surface area contributed by atoms with Crippen LogP contribution < -0.4 is 10.5 Å². The molecule has 1 aromatic heterocycles. The van der Waals surface area contributed by atoms with Gasteiger partial charge in [-0.2, -0.15) is 0 Å². The molecule has 0 unspecified atom stereocenters. The van der Waals surface area contributed by atoms with Crippen molar-refractivity contribution >= 4 is 5.69 Å². The molecule has 0 aliphatic rings. The summed E-state index contributed by atoms with van der Waals surface area (Å²) in [5.74, 6) is 0.739. The summed E-state index contributed by atoms with van der Waals surface area (Å²) in [4.78, 5) is 0. The number of hydrogen-bond donors (Lipinski definition) is 1. The highest BCUT2D eigenvalue weighted by molar-refractivity contribution is 5.76. The highest BCUT2D eigenvalue weighted by atomic mass is 16.5. The van der Waals surface area contributed by atoms with Crippen LogP contribution in [0.4, 0.5) is 5.69 Å². The molecule has 0 saturated carbocycles. The van der Waals surface area contributed by atoms with Crippen molar-refractivity contribution in [3.05, 3.63) is 30.7 Å². The minimum Gasteiger partial charge on any atom is -0.497 e. The van der Waals surface area contributed by atoms with Gasteiger partial charge in [0.25, 0.3) is 0 Å². The Morgan fingerprint density at radius 1 is 1.43 bits per heavy atom. The Labute approximate surface area is 81.3 Å². The third-order valence-electron chi connectivity index (χ3n) is 2.00. The SMILES string of the molecule is COc1ccc(-c2cnoc2)c(N)c1. The summed E-state index contributed by atoms with van der Waals surface area (Å²) in [6.45, 7) is 0. The van der Waals surface area contributed by atoms with E-state index in [4.69, 9.17) is 15.0 Å². The molecule has 72 valence electrons. The molecule has 4 heteroatoms. The smallest absolute Gasteiger partial charge is 0.131 e. The van der Waals surface area contributed by atoms with Crippen LogP contribution in [0.1, 0.15) is 0 Å². The number of nitrogens with zero attached hydrogens (tertiary/aromatic N) is 1. The fraction of sp³-hybridized carbons (Fsp3) is 0.100. The lowest BCUT2D eigenvalue weighted by Crippen LogP contribution is -1.91. The first kappa shape index (κ1) is 8.62. The van der Waals surface area contributed by atoms with Crippen molar-refractivity contribution in [1.82, 2.24) is 5.16 Å². The average Bonchev–Trinajstić information content (AvgIpc) is 2.70. The number of methoxy groups -OCH3 is 1. The molecule has 0 bridgehead atoms. The fourth-order valence-electron chi connectivity index (χ4n) is 1.27. The lowest BCUT2D eigenvalue weighted by atomic mass is 10.1. The van der Waals surface area contributed by atoms with E-state index in [1.807, 2.05) is 12.1 Å². The van der Waals surface area contributed by atoms with Crippen LogP contribution in [0, 0.1) is 0 Å². The van der Waals surface area contributed by atoms with Crippen LogP contribution in [0.5, 0.6) is 5.75 Å². The zero-order chi connectivity index (χ0) is 9.97. The van der Waals surface area contributed by atoms with Crippen LogP contribution in [-0.2, 0) is 0 Å². The van der Waals surface area contributed by atoms with Crippen molar-refractivity contribution in [3.8, 4) is 16.9 Å². The van der Waals surface area contributed by atoms with Gasteiger partial charge in [-0.3, -0.25) is 0 Å². The quantitative estimate of drug-likeness (QED) is 0.735. The second kappa shape index (κ2) is 3.41. The molecule has 1 aromatic carbocycles. The van der Waals surface area contributed by atoms with Gasteiger partial charge in [0.15, 0.2) is 0 Å². The molecule has 14 heavy (non-hydrogen) atoms. The normalized spacial score (nSPS) is 10.1. The number of rotatable bonds is 2. The van der Waals surface area contributed by atoms with Crippen LogP contribution in [0.3, 0.4) is 0 Å². The van der Waals surface area contributed by atoms with Crippen molar-refractivity contribution in [1.29, 1.82) is 0 Å². The molecule has 0 atom stereocenters. The van der Waals surface area contributed by atoms with Gasteiger partial charge in [-0.1, -0.05) is 5.16 Å². The van der Waals surface area contributed by atoms with Crippen molar-refractivity contribution in [2.24, 2.45) is 0 Å². The molecule has 0 fully saturated rings. The zero-order valence-electron chi connectivity index (χ0n) is 7.73. The summed E-state index contributed by atoms with van der Waals surface area (Å²) in [5, 5.41) is 3.62. The van der Waals surface area contributed by atoms with E-state index < -0.39 is 0 Å². The van der Waals surface area contributed by atoms with Gasteiger partial charge in [-0.05, 0) is 12.1 Å². The number of nitrogens with two attached hydrogens (primary N) is 1. The average molecular weight is 190 g/mol. The molecule has 0 radical (unpaired) electrons. The lowest BCUT2D eigenvalue weighted by molar-refractivity contribution is 0.415. The van der Waals surface area contributed by atoms with Crippen molar-refractivity contribution in [2.45, 2.75) is 0 Å². The van der Waals surface area contributed by atoms with Gasteiger partial charge in [0.05, 0.1) is 13.3 Å². The van der Waals surface area contributed by atoms with Crippen molar-refractivity contribution < 1.29 is 9.26 Å². The van der Waals surface area contributed by atoms with E-state index in [9.17, 15) is 0 Å². The monoisotopic (exact) mass is 190 g/mol. The molecule has 4 nitrogen and oxygen atoms in total. The maximum absolute atomic E-state index is 5.84. The molecule has 2 rings (SSSR count). The number of nitrogen functional groups attached to an aromatic ring is 1. The summed E-state index contributed by atoms with van der Waals surface area (Å²) in [5.41, 5.74) is 8.25. The first-order valence-corrected chi connectivity index (χ1v) is 4.14. The molecule has 0 aliphatic heterocycles. The van der Waals surface area contributed by atoms with Gasteiger partial charge in [-0.25, -0.2) is 0 Å². The van der Waals surface area contributed by atoms with Crippen LogP contribution in [0.15, 0.2) is 35.2 Å². The van der Waals surface area contributed by atoms with Crippen LogP contribution in [-0.4, -0.2) is 12.3 Å². The van der Waals surface area contributed by atoms with E-state index in [0.29, 0.717) is 5.69 Å². The molecule has 2 aromatic rings. The van der Waals surface area contributed by atoms with Gasteiger partial charge in [0.2, 0.25) is 0 Å². The highest BCUT2D eigenvalue weighted by Gasteiger charge is 2.05. The number of hydrogen-bond acceptors (Lipinski definition) is 4. The minimum atomic E-state index is 0.646. The maximum Gasteiger partial charge on any atom is 0.131 e. The fourth-order valence-corrected chi connectivity index (χ4v) is 1.27. The minimum absolute atomic E-state index is 0.646. The van der Waals surface area contributed by atoms with Gasteiger partial charge in [0, 0.05) is 22.9 Å². The Morgan fingerprint density at radius 2 is 2.29 bits per heavy atom. The molecular weight excluding hydrogens is 180 g/mol. The predicted molar refractivity (Wildman–Crippen MR) is 52.9 cm³/mol. The second-order valence-corrected chi connectivity index (χ2v) is 2.87. The van der Waals surface area contributed by atoms with Crippen LogP contribution in [0.2, 0.25) is 0 Å². The summed E-state index contributed by atoms with van der Waals surface area (Å²) in [7, 11) is 1.61. The van der Waals surface area contributed by atoms with E-state index in [-0.39, 0.29) is 0 Å². The Bertz CT molecular complexity index is 424. The number of ether oxygens (including phenoxy) is 1. The Hall–Kier alpha value is -1.97. The lowest BCUT2D eigenvalue weighted by Gasteiger charge is -2.04. The van der Waals surface area contributed by atoms with Crippen LogP contribution in [0.25, 0.3) is 11.1 Å². The van der Waals surface area contributed by atoms with Gasteiger partial charge < -0.3 is 15.0 Å². The molecule has 0 saturated heterocycles. The predicted octanol–water partition coefficient (Wildman–Crippen LogP) is 1.93. The van der Waals surface area contributed by atoms with Gasteiger partial charge in [0.1, 0.15) is 12.0 Å². The molecular formula is C10H10N2O2. The third-order valence-corrected chi connectivity index (χ3v) is 2.00. The third kappa shape index (κ3) is 1.42. The van der Waals surface area contributed by atoms with Gasteiger partial charge >= 0.3 is 0 Å². The highest BCUT2D eigenvalue weighted by Crippen LogP contribution is 2.28. The molecule has 2 N–H and O–H groups in total. The van der Waals surface area contributed by atoms with Crippen molar-refractivity contribution in [3.63, 3.8) is 0 Å². The summed E-state index contributed by atoms with van der Waals surface area (Å²) < 4.78 is 9.79. The van der Waals surface area contributed by atoms with Gasteiger partial charge in [-0.15, -0.1) is 0 Å². The standard InChI is InChI=1S/C10H10N2O2/c1-13-8-2-3-9(10(11)4-8)7-5-12-14-6-7/h2-6H,11H2,1H3. The van der Waals surface area contributed by atoms with E-state index in [2.05, 4.69) is 5.16 Å². The van der Waals surface area contributed by atoms with Crippen LogP contribution >= 0.6 is 0 Å². The number of aromatic nitrogens is 1. The number of anilines is 1. The van der Waals surface area contributed by atoms with E-state index in [0.717, 1.165) is 16.9 Å². The topological polar surface area (TPSA) is 61.3 Å². The molecule has 0 amide bonds. The summed E-state index contributed by atoms with van der Waals surface area (Å²) >= 11 is 0. The Kier molecular flexibility index (Phi) is 2.10. The second-order valence-electron chi connectivity index (χ2n) is 2.87. The Morgan fingerprint density at radius 3 is 2.86 bits per heavy atom. The van der Waals surface area contributed by atoms with E-state index >= 15 is 0 Å². The Balaban J connectivity index is 2.46. The zero-order valence-corrected chi connectivity index (χ0v) is 7.73. The number of benzene rings is 1. The summed E-state index contributed by atoms with van der Waals surface area (Å²) in [6, 6.07) is 5.49. The summed E-state index contributed by atoms with van der Waals surface area (Å²) in [6.07, 6.45) is 3.18.